The van der Waals surface area contributed by atoms with Crippen molar-refractivity contribution in [2.24, 2.45) is 5.92 Å². The summed E-state index contributed by atoms with van der Waals surface area (Å²) in [5, 5.41) is 2.82. The number of rotatable bonds is 3. The van der Waals surface area contributed by atoms with E-state index >= 15 is 0 Å². The fourth-order valence-electron chi connectivity index (χ4n) is 2.52. The molecule has 2 rings (SSSR count). The first-order valence-electron chi connectivity index (χ1n) is 7.54. The van der Waals surface area contributed by atoms with Crippen molar-refractivity contribution < 1.29 is 23.9 Å². The molecule has 6 heteroatoms. The number of benzene rings is 1. The average molecular weight is 319 g/mol. The lowest BCUT2D eigenvalue weighted by molar-refractivity contribution is -0.161. The van der Waals surface area contributed by atoms with Gasteiger partial charge in [-0.2, -0.15) is 0 Å². The van der Waals surface area contributed by atoms with Crippen LogP contribution in [0.2, 0.25) is 0 Å². The highest BCUT2D eigenvalue weighted by Gasteiger charge is 2.47. The van der Waals surface area contributed by atoms with Crippen molar-refractivity contribution in [2.75, 3.05) is 6.61 Å². The fraction of sp³-hybridized carbons (Fsp3) is 0.471. The Morgan fingerprint density at radius 3 is 2.48 bits per heavy atom. The summed E-state index contributed by atoms with van der Waals surface area (Å²) in [5.41, 5.74) is 0.0129. The van der Waals surface area contributed by atoms with E-state index in [2.05, 4.69) is 5.32 Å². The highest BCUT2D eigenvalue weighted by molar-refractivity contribution is 6.04. The molecule has 1 aromatic carbocycles. The van der Waals surface area contributed by atoms with Crippen LogP contribution in [0.3, 0.4) is 0 Å². The van der Waals surface area contributed by atoms with E-state index in [1.165, 1.54) is 0 Å². The predicted molar refractivity (Wildman–Crippen MR) is 82.8 cm³/mol. The zero-order valence-corrected chi connectivity index (χ0v) is 13.7. The Labute approximate surface area is 135 Å². The molecule has 1 aliphatic heterocycles. The molecular weight excluding hydrogens is 298 g/mol. The first-order valence-corrected chi connectivity index (χ1v) is 7.54. The number of para-hydroxylation sites is 1. The maximum atomic E-state index is 12.7. The van der Waals surface area contributed by atoms with Gasteiger partial charge in [-0.1, -0.05) is 18.2 Å². The lowest BCUT2D eigenvalue weighted by Gasteiger charge is -2.32. The highest BCUT2D eigenvalue weighted by Crippen LogP contribution is 2.38. The van der Waals surface area contributed by atoms with Crippen molar-refractivity contribution >= 4 is 17.8 Å². The topological polar surface area (TPSA) is 81.7 Å². The molecule has 2 atom stereocenters. The minimum atomic E-state index is -1.30. The van der Waals surface area contributed by atoms with Gasteiger partial charge in [-0.25, -0.2) is 0 Å². The van der Waals surface area contributed by atoms with Gasteiger partial charge in [0, 0.05) is 11.1 Å². The third-order valence-corrected chi connectivity index (χ3v) is 3.37. The van der Waals surface area contributed by atoms with Gasteiger partial charge in [0.1, 0.15) is 5.75 Å². The van der Waals surface area contributed by atoms with Gasteiger partial charge in [0.05, 0.1) is 12.5 Å². The molecular formula is C17H21NO5. The van der Waals surface area contributed by atoms with Crippen LogP contribution in [-0.2, 0) is 19.1 Å². The Balaban J connectivity index is 2.46. The second-order valence-electron chi connectivity index (χ2n) is 6.41. The van der Waals surface area contributed by atoms with E-state index in [4.69, 9.17) is 9.47 Å². The van der Waals surface area contributed by atoms with Crippen LogP contribution in [0.4, 0.5) is 0 Å². The van der Waals surface area contributed by atoms with Gasteiger partial charge in [0.2, 0.25) is 5.91 Å². The summed E-state index contributed by atoms with van der Waals surface area (Å²) < 4.78 is 10.2. The van der Waals surface area contributed by atoms with Crippen LogP contribution in [-0.4, -0.2) is 30.0 Å². The number of amides is 1. The van der Waals surface area contributed by atoms with Gasteiger partial charge in [-0.15, -0.1) is 0 Å². The number of carbonyl (C=O) groups is 3. The molecule has 0 spiro atoms. The first-order chi connectivity index (χ1) is 10.7. The molecule has 1 N–H and O–H groups in total. The zero-order chi connectivity index (χ0) is 17.2. The molecule has 6 nitrogen and oxygen atoms in total. The Hall–Kier alpha value is -2.37. The second-order valence-corrected chi connectivity index (χ2v) is 6.41. The van der Waals surface area contributed by atoms with E-state index < -0.39 is 35.2 Å². The van der Waals surface area contributed by atoms with Crippen molar-refractivity contribution in [3.8, 4) is 5.75 Å². The molecule has 124 valence electrons. The van der Waals surface area contributed by atoms with Crippen LogP contribution in [0.1, 0.15) is 39.2 Å². The Morgan fingerprint density at radius 2 is 1.87 bits per heavy atom. The van der Waals surface area contributed by atoms with Gasteiger partial charge in [0.15, 0.2) is 5.92 Å². The second kappa shape index (κ2) is 6.40. The van der Waals surface area contributed by atoms with Crippen molar-refractivity contribution in [1.82, 2.24) is 5.32 Å². The minimum Gasteiger partial charge on any atom is -0.465 e. The third-order valence-electron chi connectivity index (χ3n) is 3.37. The quantitative estimate of drug-likeness (QED) is 0.522. The molecule has 23 heavy (non-hydrogen) atoms. The van der Waals surface area contributed by atoms with E-state index in [1.54, 1.807) is 31.2 Å². The molecule has 0 aromatic heterocycles. The van der Waals surface area contributed by atoms with Gasteiger partial charge in [-0.3, -0.25) is 14.4 Å². The normalized spacial score (nSPS) is 20.3. The Bertz CT molecular complexity index is 632. The molecule has 0 saturated heterocycles. The number of carbonyl (C=O) groups excluding carboxylic acids is 3. The maximum Gasteiger partial charge on any atom is 0.326 e. The Morgan fingerprint density at radius 1 is 1.22 bits per heavy atom. The molecule has 0 saturated carbocycles. The standard InChI is InChI=1S/C17H21NO5/c1-5-22-15(20)13-12(14(19)18-17(2,3)4)10-8-6-7-9-11(10)23-16(13)21/h6-9,12-13H,5H2,1-4H3,(H,18,19)/t12-,13+/m0/s1. The van der Waals surface area contributed by atoms with Crippen molar-refractivity contribution in [3.05, 3.63) is 29.8 Å². The molecule has 0 unspecified atom stereocenters. The average Bonchev–Trinajstić information content (AvgIpc) is 2.44. The molecule has 1 aromatic rings. The van der Waals surface area contributed by atoms with Crippen molar-refractivity contribution in [2.45, 2.75) is 39.2 Å². The number of hydrogen-bond donors (Lipinski definition) is 1. The number of nitrogens with one attached hydrogen (secondary N) is 1. The summed E-state index contributed by atoms with van der Waals surface area (Å²) in [7, 11) is 0. The van der Waals surface area contributed by atoms with Gasteiger partial charge < -0.3 is 14.8 Å². The van der Waals surface area contributed by atoms with Crippen LogP contribution in [0.15, 0.2) is 24.3 Å². The number of fused-ring (bicyclic) bond motifs is 1. The Kier molecular flexibility index (Phi) is 4.73. The lowest BCUT2D eigenvalue weighted by Crippen LogP contribution is -2.49. The number of hydrogen-bond acceptors (Lipinski definition) is 5. The largest absolute Gasteiger partial charge is 0.465 e. The summed E-state index contributed by atoms with van der Waals surface area (Å²) in [5.74, 6) is -3.89. The SMILES string of the molecule is CCOC(=O)[C@@H]1C(=O)Oc2ccccc2[C@@H]1C(=O)NC(C)(C)C. The van der Waals surface area contributed by atoms with E-state index in [-0.39, 0.29) is 6.61 Å². The van der Waals surface area contributed by atoms with Crippen LogP contribution in [0, 0.1) is 5.92 Å². The van der Waals surface area contributed by atoms with Crippen LogP contribution < -0.4 is 10.1 Å². The van der Waals surface area contributed by atoms with Gasteiger partial charge in [0.25, 0.3) is 0 Å². The predicted octanol–water partition coefficient (Wildman–Crippen LogP) is 1.78. The molecule has 1 aliphatic rings. The van der Waals surface area contributed by atoms with E-state index in [0.29, 0.717) is 11.3 Å². The van der Waals surface area contributed by atoms with Crippen LogP contribution in [0.5, 0.6) is 5.75 Å². The molecule has 0 fully saturated rings. The molecule has 0 radical (unpaired) electrons. The summed E-state index contributed by atoms with van der Waals surface area (Å²) in [4.78, 5) is 37.2. The summed E-state index contributed by atoms with van der Waals surface area (Å²) >= 11 is 0. The van der Waals surface area contributed by atoms with E-state index in [9.17, 15) is 14.4 Å². The smallest absolute Gasteiger partial charge is 0.326 e. The van der Waals surface area contributed by atoms with Gasteiger partial charge >= 0.3 is 11.9 Å². The van der Waals surface area contributed by atoms with Gasteiger partial charge in [-0.05, 0) is 33.8 Å². The fourth-order valence-corrected chi connectivity index (χ4v) is 2.52. The summed E-state index contributed by atoms with van der Waals surface area (Å²) in [6.45, 7) is 7.26. The zero-order valence-electron chi connectivity index (χ0n) is 13.7. The molecule has 1 heterocycles. The van der Waals surface area contributed by atoms with Crippen LogP contribution in [0.25, 0.3) is 0 Å². The maximum absolute atomic E-state index is 12.7. The molecule has 0 aliphatic carbocycles. The number of ether oxygens (including phenoxy) is 2. The number of esters is 2. The minimum absolute atomic E-state index is 0.123. The first kappa shape index (κ1) is 17.0. The van der Waals surface area contributed by atoms with E-state index in [0.717, 1.165) is 0 Å². The van der Waals surface area contributed by atoms with E-state index in [1.807, 2.05) is 20.8 Å². The third kappa shape index (κ3) is 3.70. The molecule has 1 amide bonds. The van der Waals surface area contributed by atoms with Crippen molar-refractivity contribution in [3.63, 3.8) is 0 Å². The monoisotopic (exact) mass is 319 g/mol. The van der Waals surface area contributed by atoms with Crippen molar-refractivity contribution in [1.29, 1.82) is 0 Å². The van der Waals surface area contributed by atoms with Crippen LogP contribution >= 0.6 is 0 Å². The summed E-state index contributed by atoms with van der Waals surface area (Å²) in [6.07, 6.45) is 0. The molecule has 0 bridgehead atoms. The highest BCUT2D eigenvalue weighted by atomic mass is 16.6. The summed E-state index contributed by atoms with van der Waals surface area (Å²) in [6, 6.07) is 6.72. The lowest BCUT2D eigenvalue weighted by atomic mass is 9.82.